The summed E-state index contributed by atoms with van der Waals surface area (Å²) in [7, 11) is 0. The van der Waals surface area contributed by atoms with Gasteiger partial charge < -0.3 is 9.84 Å². The Morgan fingerprint density at radius 3 is 3.00 bits per heavy atom. The van der Waals surface area contributed by atoms with Gasteiger partial charge in [0.25, 0.3) is 0 Å². The minimum Gasteiger partial charge on any atom is -0.506 e. The molecule has 0 aliphatic heterocycles. The van der Waals surface area contributed by atoms with E-state index in [1.165, 1.54) is 6.07 Å². The van der Waals surface area contributed by atoms with Crippen molar-refractivity contribution < 1.29 is 14.6 Å². The summed E-state index contributed by atoms with van der Waals surface area (Å²) >= 11 is 0. The molecule has 1 heterocycles. The van der Waals surface area contributed by atoms with Crippen LogP contribution < -0.4 is 4.74 Å². The van der Waals surface area contributed by atoms with Gasteiger partial charge >= 0.3 is 5.97 Å². The van der Waals surface area contributed by atoms with Gasteiger partial charge in [0.1, 0.15) is 17.0 Å². The summed E-state index contributed by atoms with van der Waals surface area (Å²) < 4.78 is 5.23. The summed E-state index contributed by atoms with van der Waals surface area (Å²) in [6, 6.07) is 6.55. The van der Waals surface area contributed by atoms with Crippen molar-refractivity contribution in [1.29, 1.82) is 0 Å². The number of nitrogens with zero attached hydrogens (tertiary/aromatic N) is 1. The Bertz CT molecular complexity index is 551. The van der Waals surface area contributed by atoms with Gasteiger partial charge in [-0.2, -0.15) is 0 Å². The highest BCUT2D eigenvalue weighted by atomic mass is 16.5. The number of rotatable bonds is 3. The summed E-state index contributed by atoms with van der Waals surface area (Å²) in [5.41, 5.74) is 0.439. The van der Waals surface area contributed by atoms with Crippen LogP contribution in [0.25, 0.3) is 10.9 Å². The van der Waals surface area contributed by atoms with Gasteiger partial charge in [0.15, 0.2) is 0 Å². The first-order chi connectivity index (χ1) is 8.22. The van der Waals surface area contributed by atoms with Crippen LogP contribution in [-0.4, -0.2) is 16.1 Å². The summed E-state index contributed by atoms with van der Waals surface area (Å²) in [5, 5.41) is 10.3. The van der Waals surface area contributed by atoms with E-state index in [2.05, 4.69) is 4.98 Å². The Morgan fingerprint density at radius 1 is 1.41 bits per heavy atom. The first-order valence-corrected chi connectivity index (χ1v) is 5.49. The van der Waals surface area contributed by atoms with Gasteiger partial charge in [-0.3, -0.25) is 9.78 Å². The van der Waals surface area contributed by atoms with E-state index >= 15 is 0 Å². The van der Waals surface area contributed by atoms with E-state index < -0.39 is 0 Å². The number of aromatic hydroxyl groups is 1. The molecule has 1 aromatic heterocycles. The Hall–Kier alpha value is -2.10. The smallest absolute Gasteiger partial charge is 0.311 e. The van der Waals surface area contributed by atoms with Gasteiger partial charge in [0, 0.05) is 18.0 Å². The Labute approximate surface area is 98.9 Å². The molecular formula is C13H13NO3. The Kier molecular flexibility index (Phi) is 3.23. The highest BCUT2D eigenvalue weighted by Crippen LogP contribution is 2.30. The number of phenolic OH excluding ortho intramolecular Hbond substituents is 1. The molecule has 1 N–H and O–H groups in total. The van der Waals surface area contributed by atoms with Gasteiger partial charge in [-0.25, -0.2) is 0 Å². The SMILES string of the molecule is CCCC(=O)Oc1ccc(O)c2ncccc12. The number of carbonyl (C=O) groups excluding carboxylic acids is 1. The van der Waals surface area contributed by atoms with E-state index in [4.69, 9.17) is 4.74 Å². The molecule has 0 radical (unpaired) electrons. The maximum absolute atomic E-state index is 11.4. The highest BCUT2D eigenvalue weighted by Gasteiger charge is 2.10. The lowest BCUT2D eigenvalue weighted by Crippen LogP contribution is -2.07. The van der Waals surface area contributed by atoms with E-state index in [9.17, 15) is 9.90 Å². The number of phenols is 1. The zero-order valence-corrected chi connectivity index (χ0v) is 9.51. The molecule has 2 rings (SSSR count). The number of hydrogen-bond acceptors (Lipinski definition) is 4. The molecular weight excluding hydrogens is 218 g/mol. The van der Waals surface area contributed by atoms with E-state index in [0.29, 0.717) is 23.1 Å². The zero-order chi connectivity index (χ0) is 12.3. The molecule has 4 nitrogen and oxygen atoms in total. The third-order valence-corrected chi connectivity index (χ3v) is 2.39. The van der Waals surface area contributed by atoms with Crippen LogP contribution >= 0.6 is 0 Å². The molecule has 4 heteroatoms. The van der Waals surface area contributed by atoms with Crippen molar-refractivity contribution >= 4 is 16.9 Å². The lowest BCUT2D eigenvalue weighted by atomic mass is 10.2. The summed E-state index contributed by atoms with van der Waals surface area (Å²) in [6.45, 7) is 1.91. The molecule has 0 saturated heterocycles. The summed E-state index contributed by atoms with van der Waals surface area (Å²) in [4.78, 5) is 15.5. The van der Waals surface area contributed by atoms with Crippen LogP contribution in [-0.2, 0) is 4.79 Å². The largest absolute Gasteiger partial charge is 0.506 e. The predicted octanol–water partition coefficient (Wildman–Crippen LogP) is 2.65. The minimum atomic E-state index is -0.275. The average molecular weight is 231 g/mol. The number of carbonyl (C=O) groups is 1. The van der Waals surface area contributed by atoms with Crippen LogP contribution in [0.15, 0.2) is 30.5 Å². The standard InChI is InChI=1S/C13H13NO3/c1-2-4-12(16)17-11-7-6-10(15)13-9(11)5-3-8-14-13/h3,5-8,15H,2,4H2,1H3. The third kappa shape index (κ3) is 2.36. The van der Waals surface area contributed by atoms with Crippen LogP contribution in [0.5, 0.6) is 11.5 Å². The van der Waals surface area contributed by atoms with Crippen LogP contribution in [0.4, 0.5) is 0 Å². The molecule has 88 valence electrons. The monoisotopic (exact) mass is 231 g/mol. The molecule has 0 aliphatic rings. The highest BCUT2D eigenvalue weighted by molar-refractivity contribution is 5.91. The molecule has 1 aromatic carbocycles. The molecule has 0 atom stereocenters. The molecule has 2 aromatic rings. The zero-order valence-electron chi connectivity index (χ0n) is 9.51. The van der Waals surface area contributed by atoms with E-state index in [0.717, 1.165) is 6.42 Å². The van der Waals surface area contributed by atoms with Crippen molar-refractivity contribution in [3.63, 3.8) is 0 Å². The van der Waals surface area contributed by atoms with Crippen molar-refractivity contribution in [2.24, 2.45) is 0 Å². The average Bonchev–Trinajstić information content (AvgIpc) is 2.34. The fourth-order valence-electron chi connectivity index (χ4n) is 1.60. The first-order valence-electron chi connectivity index (χ1n) is 5.49. The van der Waals surface area contributed by atoms with Gasteiger partial charge in [0.05, 0.1) is 0 Å². The number of esters is 1. The van der Waals surface area contributed by atoms with Gasteiger partial charge in [-0.1, -0.05) is 6.92 Å². The van der Waals surface area contributed by atoms with Gasteiger partial charge in [-0.05, 0) is 30.7 Å². The molecule has 0 fully saturated rings. The first kappa shape index (κ1) is 11.4. The van der Waals surface area contributed by atoms with Crippen LogP contribution in [0.1, 0.15) is 19.8 Å². The molecule has 0 aliphatic carbocycles. The second-order valence-corrected chi connectivity index (χ2v) is 3.71. The lowest BCUT2D eigenvalue weighted by molar-refractivity contribution is -0.134. The van der Waals surface area contributed by atoms with Crippen LogP contribution in [0.2, 0.25) is 0 Å². The second-order valence-electron chi connectivity index (χ2n) is 3.71. The maximum atomic E-state index is 11.4. The number of pyridine rings is 1. The van der Waals surface area contributed by atoms with Crippen LogP contribution in [0.3, 0.4) is 0 Å². The fourth-order valence-corrected chi connectivity index (χ4v) is 1.60. The predicted molar refractivity (Wildman–Crippen MR) is 64.0 cm³/mol. The Balaban J connectivity index is 2.41. The number of benzene rings is 1. The number of fused-ring (bicyclic) bond motifs is 1. The fraction of sp³-hybridized carbons (Fsp3) is 0.231. The molecule has 0 saturated carbocycles. The maximum Gasteiger partial charge on any atom is 0.311 e. The van der Waals surface area contributed by atoms with Crippen LogP contribution in [0, 0.1) is 0 Å². The molecule has 17 heavy (non-hydrogen) atoms. The van der Waals surface area contributed by atoms with Crippen molar-refractivity contribution in [2.75, 3.05) is 0 Å². The van der Waals surface area contributed by atoms with Crippen molar-refractivity contribution in [3.8, 4) is 11.5 Å². The van der Waals surface area contributed by atoms with Crippen molar-refractivity contribution in [2.45, 2.75) is 19.8 Å². The third-order valence-electron chi connectivity index (χ3n) is 2.39. The Morgan fingerprint density at radius 2 is 2.24 bits per heavy atom. The molecule has 0 spiro atoms. The van der Waals surface area contributed by atoms with E-state index in [-0.39, 0.29) is 11.7 Å². The second kappa shape index (κ2) is 4.82. The van der Waals surface area contributed by atoms with Crippen molar-refractivity contribution in [1.82, 2.24) is 4.98 Å². The topological polar surface area (TPSA) is 59.4 Å². The lowest BCUT2D eigenvalue weighted by Gasteiger charge is -2.07. The van der Waals surface area contributed by atoms with Crippen molar-refractivity contribution in [3.05, 3.63) is 30.5 Å². The van der Waals surface area contributed by atoms with Gasteiger partial charge in [0.2, 0.25) is 0 Å². The number of aromatic nitrogens is 1. The van der Waals surface area contributed by atoms with E-state index in [1.807, 2.05) is 6.92 Å². The van der Waals surface area contributed by atoms with E-state index in [1.54, 1.807) is 24.4 Å². The normalized spacial score (nSPS) is 10.4. The van der Waals surface area contributed by atoms with Gasteiger partial charge in [-0.15, -0.1) is 0 Å². The minimum absolute atomic E-state index is 0.0795. The molecule has 0 amide bonds. The summed E-state index contributed by atoms with van der Waals surface area (Å²) in [5.74, 6) is 0.239. The number of hydrogen-bond donors (Lipinski definition) is 1. The quantitative estimate of drug-likeness (QED) is 0.651. The number of ether oxygens (including phenoxy) is 1. The molecule has 0 bridgehead atoms. The molecule has 0 unspecified atom stereocenters. The summed E-state index contributed by atoms with van der Waals surface area (Å²) in [6.07, 6.45) is 2.70.